The zero-order valence-electron chi connectivity index (χ0n) is 11.8. The molecule has 0 heterocycles. The fourth-order valence-electron chi connectivity index (χ4n) is 1.81. The molecule has 1 N–H and O–H groups in total. The molecule has 3 nitrogen and oxygen atoms in total. The van der Waals surface area contributed by atoms with Gasteiger partial charge in [0.1, 0.15) is 17.3 Å². The molecule has 0 saturated carbocycles. The summed E-state index contributed by atoms with van der Waals surface area (Å²) in [4.78, 5) is 1.54. The van der Waals surface area contributed by atoms with Crippen LogP contribution in [0.1, 0.15) is 19.4 Å². The summed E-state index contributed by atoms with van der Waals surface area (Å²) >= 11 is 0. The average Bonchev–Trinajstić information content (AvgIpc) is 2.36. The molecule has 5 heteroatoms. The number of hydrogen-bond acceptors (Lipinski definition) is 3. The molecule has 0 atom stereocenters. The van der Waals surface area contributed by atoms with Crippen LogP contribution in [0.2, 0.25) is 0 Å². The van der Waals surface area contributed by atoms with Gasteiger partial charge in [-0.2, -0.15) is 0 Å². The summed E-state index contributed by atoms with van der Waals surface area (Å²) in [6.07, 6.45) is 0. The molecule has 108 valence electrons. The number of nitrogens with one attached hydrogen (secondary N) is 1. The smallest absolute Gasteiger partial charge is 0.149 e. The van der Waals surface area contributed by atoms with Gasteiger partial charge in [-0.1, -0.05) is 6.92 Å². The van der Waals surface area contributed by atoms with Crippen molar-refractivity contribution in [3.05, 3.63) is 29.3 Å². The highest BCUT2D eigenvalue weighted by Gasteiger charge is 2.15. The number of rotatable bonds is 8. The molecule has 0 saturated heterocycles. The van der Waals surface area contributed by atoms with Crippen LogP contribution in [0.5, 0.6) is 0 Å². The lowest BCUT2D eigenvalue weighted by atomic mass is 10.1. The van der Waals surface area contributed by atoms with Gasteiger partial charge in [0.05, 0.1) is 6.61 Å². The van der Waals surface area contributed by atoms with E-state index >= 15 is 0 Å². The van der Waals surface area contributed by atoms with E-state index in [-0.39, 0.29) is 5.69 Å². The summed E-state index contributed by atoms with van der Waals surface area (Å²) in [5, 5.41) is 3.04. The van der Waals surface area contributed by atoms with Crippen molar-refractivity contribution in [3.8, 4) is 0 Å². The lowest BCUT2D eigenvalue weighted by molar-refractivity contribution is 0.154. The van der Waals surface area contributed by atoms with Gasteiger partial charge in [0.25, 0.3) is 0 Å². The van der Waals surface area contributed by atoms with Gasteiger partial charge in [-0.25, -0.2) is 8.78 Å². The molecule has 0 aromatic heterocycles. The highest BCUT2D eigenvalue weighted by molar-refractivity contribution is 5.50. The topological polar surface area (TPSA) is 24.5 Å². The van der Waals surface area contributed by atoms with E-state index in [9.17, 15) is 8.78 Å². The molecule has 1 rings (SSSR count). The number of halogens is 2. The molecule has 0 radical (unpaired) electrons. The second-order valence-electron chi connectivity index (χ2n) is 4.31. The maximum Gasteiger partial charge on any atom is 0.149 e. The van der Waals surface area contributed by atoms with Crippen molar-refractivity contribution in [1.29, 1.82) is 0 Å². The van der Waals surface area contributed by atoms with Gasteiger partial charge < -0.3 is 15.0 Å². The van der Waals surface area contributed by atoms with E-state index in [0.29, 0.717) is 31.9 Å². The lowest BCUT2D eigenvalue weighted by Crippen LogP contribution is -2.25. The second kappa shape index (κ2) is 8.07. The van der Waals surface area contributed by atoms with Crippen LogP contribution < -0.4 is 10.2 Å². The number of nitrogens with zero attached hydrogens (tertiary/aromatic N) is 1. The van der Waals surface area contributed by atoms with Crippen molar-refractivity contribution in [2.24, 2.45) is 0 Å². The van der Waals surface area contributed by atoms with Crippen molar-refractivity contribution < 1.29 is 13.5 Å². The molecule has 0 aliphatic heterocycles. The fourth-order valence-corrected chi connectivity index (χ4v) is 1.81. The van der Waals surface area contributed by atoms with E-state index in [2.05, 4.69) is 5.32 Å². The van der Waals surface area contributed by atoms with Crippen LogP contribution in [0, 0.1) is 11.6 Å². The van der Waals surface area contributed by atoms with Gasteiger partial charge >= 0.3 is 0 Å². The zero-order valence-corrected chi connectivity index (χ0v) is 11.8. The van der Waals surface area contributed by atoms with Gasteiger partial charge in [0.15, 0.2) is 0 Å². The fraction of sp³-hybridized carbons (Fsp3) is 0.571. The van der Waals surface area contributed by atoms with Crippen LogP contribution in [-0.2, 0) is 11.3 Å². The maximum atomic E-state index is 13.9. The Morgan fingerprint density at radius 1 is 1.21 bits per heavy atom. The molecule has 0 aliphatic carbocycles. The van der Waals surface area contributed by atoms with E-state index in [1.165, 1.54) is 17.0 Å². The predicted molar refractivity (Wildman–Crippen MR) is 73.5 cm³/mol. The van der Waals surface area contributed by atoms with Crippen LogP contribution in [-0.4, -0.2) is 33.4 Å². The third kappa shape index (κ3) is 4.76. The van der Waals surface area contributed by atoms with E-state index in [0.717, 1.165) is 6.54 Å². The third-order valence-electron chi connectivity index (χ3n) is 2.81. The number of anilines is 1. The van der Waals surface area contributed by atoms with Crippen LogP contribution in [0.25, 0.3) is 0 Å². The molecule has 0 fully saturated rings. The van der Waals surface area contributed by atoms with Crippen molar-refractivity contribution >= 4 is 5.69 Å². The summed E-state index contributed by atoms with van der Waals surface area (Å²) in [6.45, 7) is 6.56. The Kier molecular flexibility index (Phi) is 6.73. The molecule has 1 aromatic rings. The van der Waals surface area contributed by atoms with Crippen LogP contribution >= 0.6 is 0 Å². The predicted octanol–water partition coefficient (Wildman–Crippen LogP) is 2.55. The quantitative estimate of drug-likeness (QED) is 0.736. The molecule has 0 amide bonds. The highest BCUT2D eigenvalue weighted by atomic mass is 19.1. The molecule has 19 heavy (non-hydrogen) atoms. The molecular weight excluding hydrogens is 250 g/mol. The minimum absolute atomic E-state index is 0.0000449. The largest absolute Gasteiger partial charge is 0.380 e. The monoisotopic (exact) mass is 272 g/mol. The summed E-state index contributed by atoms with van der Waals surface area (Å²) < 4.78 is 33.1. The number of hydrogen-bond donors (Lipinski definition) is 1. The first-order valence-corrected chi connectivity index (χ1v) is 6.57. The van der Waals surface area contributed by atoms with Crippen molar-refractivity contribution in [2.45, 2.75) is 20.4 Å². The number of likely N-dealkylation sites (N-methyl/N-ethyl adjacent to an activating group) is 1. The number of ether oxygens (including phenoxy) is 1. The van der Waals surface area contributed by atoms with Gasteiger partial charge in [-0.3, -0.25) is 0 Å². The van der Waals surface area contributed by atoms with Crippen LogP contribution in [0.4, 0.5) is 14.5 Å². The van der Waals surface area contributed by atoms with Crippen molar-refractivity contribution in [3.63, 3.8) is 0 Å². The Hall–Kier alpha value is -1.20. The Labute approximate surface area is 113 Å². The molecule has 0 bridgehead atoms. The zero-order chi connectivity index (χ0) is 14.3. The molecular formula is C14H22F2N2O. The Morgan fingerprint density at radius 3 is 2.37 bits per heavy atom. The minimum Gasteiger partial charge on any atom is -0.380 e. The Bertz CT molecular complexity index is 376. The van der Waals surface area contributed by atoms with E-state index in [4.69, 9.17) is 4.74 Å². The Morgan fingerprint density at radius 2 is 1.84 bits per heavy atom. The molecule has 1 aromatic carbocycles. The average molecular weight is 272 g/mol. The Balaban J connectivity index is 2.78. The standard InChI is InChI=1S/C14H22F2N2O/c1-4-17-10-11-8-12(15)14(13(16)9-11)18(3)6-7-19-5-2/h8-9,17H,4-7,10H2,1-3H3. The first-order valence-electron chi connectivity index (χ1n) is 6.57. The first kappa shape index (κ1) is 15.9. The summed E-state index contributed by atoms with van der Waals surface area (Å²) in [7, 11) is 1.66. The molecule has 0 aliphatic rings. The molecule has 0 unspecified atom stereocenters. The summed E-state index contributed by atoms with van der Waals surface area (Å²) in [5.74, 6) is -1.07. The van der Waals surface area contributed by atoms with Gasteiger partial charge in [0.2, 0.25) is 0 Å². The normalized spacial score (nSPS) is 10.8. The summed E-state index contributed by atoms with van der Waals surface area (Å²) in [5.41, 5.74) is 0.610. The molecule has 0 spiro atoms. The highest BCUT2D eigenvalue weighted by Crippen LogP contribution is 2.24. The third-order valence-corrected chi connectivity index (χ3v) is 2.81. The van der Waals surface area contributed by atoms with E-state index in [1.54, 1.807) is 7.05 Å². The van der Waals surface area contributed by atoms with Crippen LogP contribution in [0.15, 0.2) is 12.1 Å². The SMILES string of the molecule is CCNCc1cc(F)c(N(C)CCOCC)c(F)c1. The van der Waals surface area contributed by atoms with Crippen LogP contribution in [0.3, 0.4) is 0 Å². The van der Waals surface area contributed by atoms with Gasteiger partial charge in [0, 0.05) is 26.7 Å². The van der Waals surface area contributed by atoms with Gasteiger partial charge in [-0.15, -0.1) is 0 Å². The first-order chi connectivity index (χ1) is 9.10. The number of benzene rings is 1. The minimum atomic E-state index is -0.535. The maximum absolute atomic E-state index is 13.9. The second-order valence-corrected chi connectivity index (χ2v) is 4.31. The van der Waals surface area contributed by atoms with Crippen molar-refractivity contribution in [1.82, 2.24) is 5.32 Å². The van der Waals surface area contributed by atoms with Crippen molar-refractivity contribution in [2.75, 3.05) is 38.3 Å². The lowest BCUT2D eigenvalue weighted by Gasteiger charge is -2.21. The van der Waals surface area contributed by atoms with E-state index in [1.807, 2.05) is 13.8 Å². The van der Waals surface area contributed by atoms with E-state index < -0.39 is 11.6 Å². The summed E-state index contributed by atoms with van der Waals surface area (Å²) in [6, 6.07) is 2.75. The van der Waals surface area contributed by atoms with Gasteiger partial charge in [-0.05, 0) is 31.2 Å².